The van der Waals surface area contributed by atoms with Gasteiger partial charge in [-0.3, -0.25) is 4.79 Å². The van der Waals surface area contributed by atoms with Crippen molar-refractivity contribution in [3.05, 3.63) is 0 Å². The highest BCUT2D eigenvalue weighted by atomic mass is 32.2. The van der Waals surface area contributed by atoms with Crippen LogP contribution >= 0.6 is 0 Å². The lowest BCUT2D eigenvalue weighted by Gasteiger charge is -2.31. The zero-order chi connectivity index (χ0) is 14.6. The highest BCUT2D eigenvalue weighted by molar-refractivity contribution is 7.87. The van der Waals surface area contributed by atoms with E-state index in [2.05, 4.69) is 4.72 Å². The minimum atomic E-state index is -3.55. The summed E-state index contributed by atoms with van der Waals surface area (Å²) in [6.07, 6.45) is 6.81. The van der Waals surface area contributed by atoms with Crippen LogP contribution in [0, 0.1) is 5.92 Å². The van der Waals surface area contributed by atoms with E-state index in [0.717, 1.165) is 38.5 Å². The Morgan fingerprint density at radius 3 is 2.20 bits per heavy atom. The SMILES string of the molecule is O=C(O)C1CCCCC1NS(=O)(=O)N1CCCCCC1. The standard InChI is InChI=1S/C13H24N2O4S/c16-13(17)11-7-3-4-8-12(11)14-20(18,19)15-9-5-1-2-6-10-15/h11-12,14H,1-10H2,(H,16,17). The summed E-state index contributed by atoms with van der Waals surface area (Å²) in [4.78, 5) is 11.2. The minimum absolute atomic E-state index is 0.463. The molecule has 0 aromatic carbocycles. The monoisotopic (exact) mass is 304 g/mol. The number of rotatable bonds is 4. The molecule has 1 heterocycles. The normalized spacial score (nSPS) is 29.8. The van der Waals surface area contributed by atoms with Crippen LogP contribution in [0.25, 0.3) is 0 Å². The van der Waals surface area contributed by atoms with Crippen molar-refractivity contribution in [2.75, 3.05) is 13.1 Å². The number of nitrogens with one attached hydrogen (secondary N) is 1. The predicted octanol–water partition coefficient (Wildman–Crippen LogP) is 1.34. The zero-order valence-corrected chi connectivity index (χ0v) is 12.6. The van der Waals surface area contributed by atoms with Gasteiger partial charge in [-0.1, -0.05) is 25.7 Å². The summed E-state index contributed by atoms with van der Waals surface area (Å²) in [5.41, 5.74) is 0. The molecule has 0 bridgehead atoms. The van der Waals surface area contributed by atoms with Crippen LogP contribution in [0.1, 0.15) is 51.4 Å². The Hall–Kier alpha value is -0.660. The van der Waals surface area contributed by atoms with Gasteiger partial charge in [0.15, 0.2) is 0 Å². The summed E-state index contributed by atoms with van der Waals surface area (Å²) in [5.74, 6) is -1.49. The Morgan fingerprint density at radius 1 is 1.00 bits per heavy atom. The average Bonchev–Trinajstić information content (AvgIpc) is 2.68. The van der Waals surface area contributed by atoms with Crippen molar-refractivity contribution in [2.24, 2.45) is 5.92 Å². The molecule has 20 heavy (non-hydrogen) atoms. The molecule has 0 spiro atoms. The van der Waals surface area contributed by atoms with Gasteiger partial charge in [0.1, 0.15) is 0 Å². The Labute approximate surface area is 120 Å². The first-order valence-electron chi connectivity index (χ1n) is 7.51. The van der Waals surface area contributed by atoms with Gasteiger partial charge in [0.05, 0.1) is 5.92 Å². The number of nitrogens with zero attached hydrogens (tertiary/aromatic N) is 1. The molecule has 0 amide bonds. The minimum Gasteiger partial charge on any atom is -0.481 e. The molecule has 2 unspecified atom stereocenters. The summed E-state index contributed by atoms with van der Waals surface area (Å²) >= 11 is 0. The van der Waals surface area contributed by atoms with Gasteiger partial charge >= 0.3 is 5.97 Å². The molecular formula is C13H24N2O4S. The van der Waals surface area contributed by atoms with Gasteiger partial charge in [0.25, 0.3) is 10.2 Å². The van der Waals surface area contributed by atoms with E-state index < -0.39 is 28.1 Å². The van der Waals surface area contributed by atoms with Crippen LogP contribution < -0.4 is 4.72 Å². The number of hydrogen-bond donors (Lipinski definition) is 2. The molecule has 2 N–H and O–H groups in total. The summed E-state index contributed by atoms with van der Waals surface area (Å²) in [5, 5.41) is 9.21. The lowest BCUT2D eigenvalue weighted by atomic mass is 9.85. The molecule has 0 radical (unpaired) electrons. The van der Waals surface area contributed by atoms with Crippen LogP contribution in [-0.2, 0) is 15.0 Å². The maximum absolute atomic E-state index is 12.4. The second-order valence-electron chi connectivity index (χ2n) is 5.77. The molecule has 1 saturated carbocycles. The van der Waals surface area contributed by atoms with E-state index in [1.807, 2.05) is 0 Å². The lowest BCUT2D eigenvalue weighted by Crippen LogP contribution is -2.50. The molecule has 1 aliphatic heterocycles. The van der Waals surface area contributed by atoms with Crippen molar-refractivity contribution >= 4 is 16.2 Å². The van der Waals surface area contributed by atoms with Crippen LogP contribution in [0.2, 0.25) is 0 Å². The fourth-order valence-electron chi connectivity index (χ4n) is 3.12. The maximum atomic E-state index is 12.4. The van der Waals surface area contributed by atoms with E-state index in [0.29, 0.717) is 25.9 Å². The summed E-state index contributed by atoms with van der Waals surface area (Å²) in [6.45, 7) is 1.08. The molecule has 116 valence electrons. The molecule has 2 aliphatic rings. The van der Waals surface area contributed by atoms with Gasteiger partial charge in [0, 0.05) is 19.1 Å². The second-order valence-corrected chi connectivity index (χ2v) is 7.47. The van der Waals surface area contributed by atoms with Crippen molar-refractivity contribution in [1.82, 2.24) is 9.03 Å². The Morgan fingerprint density at radius 2 is 1.60 bits per heavy atom. The van der Waals surface area contributed by atoms with Gasteiger partial charge in [-0.05, 0) is 25.7 Å². The van der Waals surface area contributed by atoms with Crippen LogP contribution in [0.4, 0.5) is 0 Å². The number of hydrogen-bond acceptors (Lipinski definition) is 3. The van der Waals surface area contributed by atoms with E-state index in [9.17, 15) is 18.3 Å². The van der Waals surface area contributed by atoms with E-state index >= 15 is 0 Å². The number of carbonyl (C=O) groups is 1. The molecule has 0 aromatic rings. The number of aliphatic carboxylic acids is 1. The van der Waals surface area contributed by atoms with Crippen molar-refractivity contribution in [1.29, 1.82) is 0 Å². The summed E-state index contributed by atoms with van der Waals surface area (Å²) in [6, 6.07) is -0.463. The van der Waals surface area contributed by atoms with E-state index in [-0.39, 0.29) is 0 Å². The van der Waals surface area contributed by atoms with Gasteiger partial charge in [-0.2, -0.15) is 17.4 Å². The predicted molar refractivity (Wildman–Crippen MR) is 75.5 cm³/mol. The summed E-state index contributed by atoms with van der Waals surface area (Å²) in [7, 11) is -3.55. The lowest BCUT2D eigenvalue weighted by molar-refractivity contribution is -0.143. The van der Waals surface area contributed by atoms with Crippen molar-refractivity contribution in [3.63, 3.8) is 0 Å². The number of carboxylic acids is 1. The molecule has 1 aliphatic carbocycles. The van der Waals surface area contributed by atoms with Gasteiger partial charge in [0.2, 0.25) is 0 Å². The molecule has 2 rings (SSSR count). The average molecular weight is 304 g/mol. The quantitative estimate of drug-likeness (QED) is 0.820. The van der Waals surface area contributed by atoms with Crippen molar-refractivity contribution in [2.45, 2.75) is 57.4 Å². The first-order chi connectivity index (χ1) is 9.50. The second kappa shape index (κ2) is 6.87. The zero-order valence-electron chi connectivity index (χ0n) is 11.8. The van der Waals surface area contributed by atoms with Gasteiger partial charge in [-0.25, -0.2) is 0 Å². The van der Waals surface area contributed by atoms with Crippen LogP contribution in [-0.4, -0.2) is 42.9 Å². The van der Waals surface area contributed by atoms with Gasteiger partial charge in [-0.15, -0.1) is 0 Å². The fourth-order valence-corrected chi connectivity index (χ4v) is 4.67. The van der Waals surface area contributed by atoms with Crippen LogP contribution in [0.15, 0.2) is 0 Å². The fraction of sp³-hybridized carbons (Fsp3) is 0.923. The third-order valence-corrected chi connectivity index (χ3v) is 5.93. The first-order valence-corrected chi connectivity index (χ1v) is 8.95. The van der Waals surface area contributed by atoms with E-state index in [4.69, 9.17) is 0 Å². The smallest absolute Gasteiger partial charge is 0.308 e. The third kappa shape index (κ3) is 3.93. The highest BCUT2D eigenvalue weighted by Crippen LogP contribution is 2.26. The molecule has 2 fully saturated rings. The van der Waals surface area contributed by atoms with Crippen LogP contribution in [0.5, 0.6) is 0 Å². The van der Waals surface area contributed by atoms with E-state index in [1.165, 1.54) is 4.31 Å². The first kappa shape index (κ1) is 15.7. The Bertz CT molecular complexity index is 430. The van der Waals surface area contributed by atoms with E-state index in [1.54, 1.807) is 0 Å². The topological polar surface area (TPSA) is 86.7 Å². The third-order valence-electron chi connectivity index (χ3n) is 4.29. The molecule has 6 nitrogen and oxygen atoms in total. The molecule has 2 atom stereocenters. The summed E-state index contributed by atoms with van der Waals surface area (Å²) < 4.78 is 28.9. The Kier molecular flexibility index (Phi) is 5.40. The molecule has 7 heteroatoms. The molecule has 1 saturated heterocycles. The van der Waals surface area contributed by atoms with Crippen molar-refractivity contribution in [3.8, 4) is 0 Å². The Balaban J connectivity index is 2.03. The largest absolute Gasteiger partial charge is 0.481 e. The maximum Gasteiger partial charge on any atom is 0.308 e. The molecular weight excluding hydrogens is 280 g/mol. The highest BCUT2D eigenvalue weighted by Gasteiger charge is 2.35. The number of carboxylic acid groups (broad SMARTS) is 1. The van der Waals surface area contributed by atoms with Crippen molar-refractivity contribution < 1.29 is 18.3 Å². The van der Waals surface area contributed by atoms with Crippen LogP contribution in [0.3, 0.4) is 0 Å². The van der Waals surface area contributed by atoms with Gasteiger partial charge < -0.3 is 5.11 Å². The molecule has 0 aromatic heterocycles.